The van der Waals surface area contributed by atoms with Crippen molar-refractivity contribution in [2.45, 2.75) is 26.9 Å². The summed E-state index contributed by atoms with van der Waals surface area (Å²) < 4.78 is 0. The maximum atomic E-state index is 9.35. The van der Waals surface area contributed by atoms with Crippen molar-refractivity contribution in [2.75, 3.05) is 0 Å². The fourth-order valence-corrected chi connectivity index (χ4v) is 1.34. The molecule has 1 aliphatic heterocycles. The summed E-state index contributed by atoms with van der Waals surface area (Å²) >= 11 is 0. The van der Waals surface area contributed by atoms with Crippen LogP contribution >= 0.6 is 0 Å². The van der Waals surface area contributed by atoms with Gasteiger partial charge in [-0.25, -0.2) is 0 Å². The van der Waals surface area contributed by atoms with Crippen molar-refractivity contribution in [1.29, 1.82) is 0 Å². The van der Waals surface area contributed by atoms with Crippen molar-refractivity contribution in [3.63, 3.8) is 0 Å². The molecule has 0 radical (unpaired) electrons. The number of nitrogens with one attached hydrogen (secondary N) is 2. The van der Waals surface area contributed by atoms with Crippen LogP contribution in [0, 0.1) is 0 Å². The summed E-state index contributed by atoms with van der Waals surface area (Å²) in [6, 6.07) is 0. The van der Waals surface area contributed by atoms with Gasteiger partial charge in [-0.05, 0) is 26.3 Å². The number of hydrogen-bond acceptors (Lipinski definition) is 3. The molecule has 0 spiro atoms. The summed E-state index contributed by atoms with van der Waals surface area (Å²) in [5, 5.41) is 9.35. The zero-order valence-corrected chi connectivity index (χ0v) is 7.10. The minimum absolute atomic E-state index is 0.402. The highest BCUT2D eigenvalue weighted by molar-refractivity contribution is 5.36. The molecule has 0 saturated carbocycles. The highest BCUT2D eigenvalue weighted by Crippen LogP contribution is 2.18. The van der Waals surface area contributed by atoms with Gasteiger partial charge in [-0.2, -0.15) is 0 Å². The maximum absolute atomic E-state index is 9.35. The van der Waals surface area contributed by atoms with Crippen LogP contribution in [-0.4, -0.2) is 11.2 Å². The van der Waals surface area contributed by atoms with Crippen LogP contribution in [0.15, 0.2) is 23.0 Å². The molecule has 1 aliphatic rings. The molecule has 62 valence electrons. The van der Waals surface area contributed by atoms with Gasteiger partial charge in [0.25, 0.3) is 0 Å². The van der Waals surface area contributed by atoms with Crippen molar-refractivity contribution in [3.8, 4) is 0 Å². The van der Waals surface area contributed by atoms with Crippen molar-refractivity contribution in [2.24, 2.45) is 0 Å². The molecule has 3 nitrogen and oxygen atoms in total. The minimum Gasteiger partial charge on any atom is -0.389 e. The number of aliphatic hydroxyl groups excluding tert-OH is 1. The predicted octanol–water partition coefficient (Wildman–Crippen LogP) is 0.653. The van der Waals surface area contributed by atoms with Gasteiger partial charge in [0.15, 0.2) is 0 Å². The van der Waals surface area contributed by atoms with Gasteiger partial charge in [-0.15, -0.1) is 0 Å². The fraction of sp³-hybridized carbons (Fsp3) is 0.500. The van der Waals surface area contributed by atoms with Gasteiger partial charge in [-0.1, -0.05) is 0 Å². The van der Waals surface area contributed by atoms with Crippen molar-refractivity contribution < 1.29 is 5.11 Å². The van der Waals surface area contributed by atoms with Gasteiger partial charge in [0.2, 0.25) is 0 Å². The summed E-state index contributed by atoms with van der Waals surface area (Å²) in [5.41, 5.74) is 8.87. The molecule has 0 amide bonds. The van der Waals surface area contributed by atoms with Crippen LogP contribution in [-0.2, 0) is 0 Å². The van der Waals surface area contributed by atoms with Crippen LogP contribution < -0.4 is 10.9 Å². The number of rotatable bonds is 1. The molecule has 0 unspecified atom stereocenters. The SMILES string of the molecule is CC1=CNNC(C)=C1[C@H](C)O. The first-order valence-corrected chi connectivity index (χ1v) is 3.70. The van der Waals surface area contributed by atoms with E-state index in [4.69, 9.17) is 0 Å². The Balaban J connectivity index is 2.94. The normalized spacial score (nSPS) is 20.2. The molecule has 3 heteroatoms. The summed E-state index contributed by atoms with van der Waals surface area (Å²) in [7, 11) is 0. The molecule has 0 bridgehead atoms. The third-order valence-corrected chi connectivity index (χ3v) is 1.79. The average molecular weight is 154 g/mol. The monoisotopic (exact) mass is 154 g/mol. The number of hydrazine groups is 1. The quantitative estimate of drug-likeness (QED) is 0.519. The standard InChI is InChI=1S/C8H14N2O/c1-5-4-9-10-6(2)8(5)7(3)11/h4,7,9-11H,1-3H3/t7-/m0/s1. The first-order chi connectivity index (χ1) is 5.13. The smallest absolute Gasteiger partial charge is 0.0782 e. The Morgan fingerprint density at radius 2 is 2.09 bits per heavy atom. The largest absolute Gasteiger partial charge is 0.389 e. The number of aliphatic hydroxyl groups is 1. The number of allylic oxidation sites excluding steroid dienone is 1. The van der Waals surface area contributed by atoms with Crippen molar-refractivity contribution in [1.82, 2.24) is 10.9 Å². The highest BCUT2D eigenvalue weighted by atomic mass is 16.3. The second-order valence-electron chi connectivity index (χ2n) is 2.81. The van der Waals surface area contributed by atoms with E-state index in [1.165, 1.54) is 0 Å². The molecule has 1 heterocycles. The lowest BCUT2D eigenvalue weighted by Crippen LogP contribution is -2.32. The number of hydrogen-bond donors (Lipinski definition) is 3. The van der Waals surface area contributed by atoms with Crippen LogP contribution in [0.1, 0.15) is 20.8 Å². The third-order valence-electron chi connectivity index (χ3n) is 1.79. The highest BCUT2D eigenvalue weighted by Gasteiger charge is 2.13. The van der Waals surface area contributed by atoms with Gasteiger partial charge in [0.1, 0.15) is 0 Å². The van der Waals surface area contributed by atoms with E-state index in [1.54, 1.807) is 6.92 Å². The molecule has 1 rings (SSSR count). The van der Waals surface area contributed by atoms with E-state index in [0.29, 0.717) is 0 Å². The second kappa shape index (κ2) is 2.96. The Hall–Kier alpha value is -0.960. The zero-order valence-electron chi connectivity index (χ0n) is 7.10. The van der Waals surface area contributed by atoms with Gasteiger partial charge >= 0.3 is 0 Å². The predicted molar refractivity (Wildman–Crippen MR) is 44.4 cm³/mol. The summed E-state index contributed by atoms with van der Waals surface area (Å²) in [6.07, 6.45) is 1.44. The molecule has 0 fully saturated rings. The van der Waals surface area contributed by atoms with Crippen LogP contribution in [0.4, 0.5) is 0 Å². The Labute approximate surface area is 66.8 Å². The van der Waals surface area contributed by atoms with E-state index in [-0.39, 0.29) is 0 Å². The van der Waals surface area contributed by atoms with Crippen molar-refractivity contribution >= 4 is 0 Å². The lowest BCUT2D eigenvalue weighted by Gasteiger charge is -2.21. The Bertz CT molecular complexity index is 216. The summed E-state index contributed by atoms with van der Waals surface area (Å²) in [6.45, 7) is 5.67. The topological polar surface area (TPSA) is 44.3 Å². The average Bonchev–Trinajstić information content (AvgIpc) is 1.85. The van der Waals surface area contributed by atoms with E-state index < -0.39 is 6.10 Å². The fourth-order valence-electron chi connectivity index (χ4n) is 1.34. The van der Waals surface area contributed by atoms with Gasteiger partial charge < -0.3 is 16.0 Å². The molecule has 1 atom stereocenters. The first kappa shape index (κ1) is 8.14. The third kappa shape index (κ3) is 1.54. The van der Waals surface area contributed by atoms with Crippen LogP contribution in [0.5, 0.6) is 0 Å². The minimum atomic E-state index is -0.402. The maximum Gasteiger partial charge on any atom is 0.0782 e. The molecule has 0 aromatic rings. The summed E-state index contributed by atoms with van der Waals surface area (Å²) in [4.78, 5) is 0. The lowest BCUT2D eigenvalue weighted by molar-refractivity contribution is 0.230. The Morgan fingerprint density at radius 1 is 1.45 bits per heavy atom. The van der Waals surface area contributed by atoms with Crippen LogP contribution in [0.25, 0.3) is 0 Å². The van der Waals surface area contributed by atoms with E-state index in [2.05, 4.69) is 10.9 Å². The van der Waals surface area contributed by atoms with Gasteiger partial charge in [0, 0.05) is 17.5 Å². The molecule has 0 saturated heterocycles. The molecule has 3 N–H and O–H groups in total. The first-order valence-electron chi connectivity index (χ1n) is 3.70. The molecule has 0 aromatic carbocycles. The molecular formula is C8H14N2O. The zero-order chi connectivity index (χ0) is 8.43. The summed E-state index contributed by atoms with van der Waals surface area (Å²) in [5.74, 6) is 0. The van der Waals surface area contributed by atoms with Gasteiger partial charge in [0.05, 0.1) is 6.10 Å². The molecule has 0 aromatic heterocycles. The van der Waals surface area contributed by atoms with E-state index >= 15 is 0 Å². The van der Waals surface area contributed by atoms with Crippen molar-refractivity contribution in [3.05, 3.63) is 23.0 Å². The lowest BCUT2D eigenvalue weighted by atomic mass is 10.0. The Kier molecular flexibility index (Phi) is 2.19. The van der Waals surface area contributed by atoms with Gasteiger partial charge in [-0.3, -0.25) is 0 Å². The van der Waals surface area contributed by atoms with E-state index in [0.717, 1.165) is 16.8 Å². The van der Waals surface area contributed by atoms with E-state index in [9.17, 15) is 5.11 Å². The molecule has 0 aliphatic carbocycles. The van der Waals surface area contributed by atoms with E-state index in [1.807, 2.05) is 20.0 Å². The van der Waals surface area contributed by atoms with Crippen LogP contribution in [0.2, 0.25) is 0 Å². The Morgan fingerprint density at radius 3 is 2.45 bits per heavy atom. The molecule has 11 heavy (non-hydrogen) atoms. The van der Waals surface area contributed by atoms with Crippen LogP contribution in [0.3, 0.4) is 0 Å². The molecular weight excluding hydrogens is 140 g/mol. The second-order valence-corrected chi connectivity index (χ2v) is 2.81.